The lowest BCUT2D eigenvalue weighted by Gasteiger charge is -2.19. The monoisotopic (exact) mass is 282 g/mol. The van der Waals surface area contributed by atoms with Gasteiger partial charge >= 0.3 is 0 Å². The molecule has 1 aliphatic carbocycles. The van der Waals surface area contributed by atoms with Crippen molar-refractivity contribution in [1.82, 2.24) is 4.90 Å². The lowest BCUT2D eigenvalue weighted by molar-refractivity contribution is 0.299. The topological polar surface area (TPSA) is 38.5 Å². The number of allylic oxidation sites excluding steroid dienone is 3. The van der Waals surface area contributed by atoms with E-state index in [1.807, 2.05) is 12.1 Å². The Kier molecular flexibility index (Phi) is 4.11. The zero-order chi connectivity index (χ0) is 14.7. The van der Waals surface area contributed by atoms with Gasteiger partial charge in [-0.3, -0.25) is 4.90 Å². The van der Waals surface area contributed by atoms with Gasteiger partial charge in [0.1, 0.15) is 5.76 Å². The predicted octanol–water partition coefficient (Wildman–Crippen LogP) is 3.26. The minimum Gasteiger partial charge on any atom is -0.497 e. The van der Waals surface area contributed by atoms with Gasteiger partial charge in [-0.25, -0.2) is 0 Å². The number of nitrogens with zero attached hydrogens (tertiary/aromatic N) is 1. The fourth-order valence-corrected chi connectivity index (χ4v) is 2.89. The maximum Gasteiger partial charge on any atom is 0.115 e. The Morgan fingerprint density at radius 1 is 1.14 bits per heavy atom. The Hall–Kier alpha value is -2.00. The van der Waals surface area contributed by atoms with Crippen LogP contribution >= 0.6 is 0 Å². The number of benzene rings is 1. The molecule has 0 fully saturated rings. The molecule has 0 radical (unpaired) electrons. The highest BCUT2D eigenvalue weighted by molar-refractivity contribution is 5.43. The van der Waals surface area contributed by atoms with Crippen molar-refractivity contribution in [3.8, 4) is 0 Å². The molecule has 0 amide bonds. The fraction of sp³-hybridized carbons (Fsp3) is 0.333. The van der Waals surface area contributed by atoms with E-state index in [9.17, 15) is 0 Å². The third kappa shape index (κ3) is 3.37. The van der Waals surface area contributed by atoms with E-state index >= 15 is 0 Å². The number of ether oxygens (including phenoxy) is 1. The van der Waals surface area contributed by atoms with Crippen LogP contribution in [0.5, 0.6) is 0 Å². The summed E-state index contributed by atoms with van der Waals surface area (Å²) in [5, 5.41) is 0. The van der Waals surface area contributed by atoms with Gasteiger partial charge in [0.15, 0.2) is 0 Å². The lowest BCUT2D eigenvalue weighted by Crippen LogP contribution is -2.23. The molecule has 3 nitrogen and oxygen atoms in total. The van der Waals surface area contributed by atoms with Gasteiger partial charge in [0.25, 0.3) is 0 Å². The molecule has 0 unspecified atom stereocenters. The van der Waals surface area contributed by atoms with E-state index in [-0.39, 0.29) is 0 Å². The van der Waals surface area contributed by atoms with Crippen molar-refractivity contribution in [1.29, 1.82) is 0 Å². The number of hydrogen-bond donors (Lipinski definition) is 1. The number of hydrogen-bond acceptors (Lipinski definition) is 3. The number of nitrogens with two attached hydrogens (primary N) is 1. The van der Waals surface area contributed by atoms with Gasteiger partial charge in [-0.2, -0.15) is 0 Å². The Morgan fingerprint density at radius 3 is 2.71 bits per heavy atom. The summed E-state index contributed by atoms with van der Waals surface area (Å²) in [6.45, 7) is 3.06. The third-order valence-corrected chi connectivity index (χ3v) is 4.17. The summed E-state index contributed by atoms with van der Waals surface area (Å²) in [5.74, 6) is 0.995. The van der Waals surface area contributed by atoms with Crippen molar-refractivity contribution in [2.75, 3.05) is 25.9 Å². The standard InChI is InChI=1S/C18H22N2O/c1-21-18-7-4-15-8-10-20(11-9-16(15)12-18)13-14-2-5-17(19)6-3-14/h2-3,5-8,12H,4,9-11,13,19H2,1H3. The first-order chi connectivity index (χ1) is 10.2. The van der Waals surface area contributed by atoms with E-state index in [1.165, 1.54) is 16.7 Å². The minimum absolute atomic E-state index is 0.825. The molecule has 2 aliphatic rings. The molecule has 1 aromatic rings. The van der Waals surface area contributed by atoms with E-state index in [2.05, 4.69) is 35.3 Å². The van der Waals surface area contributed by atoms with Crippen LogP contribution in [-0.2, 0) is 11.3 Å². The molecular formula is C18H22N2O. The number of nitrogen functional groups attached to an aromatic ring is 1. The van der Waals surface area contributed by atoms with Crippen LogP contribution in [0.2, 0.25) is 0 Å². The van der Waals surface area contributed by atoms with Crippen molar-refractivity contribution in [3.63, 3.8) is 0 Å². The first-order valence-electron chi connectivity index (χ1n) is 7.45. The maximum absolute atomic E-state index is 5.74. The lowest BCUT2D eigenvalue weighted by atomic mass is 9.95. The first kappa shape index (κ1) is 14.0. The molecule has 3 rings (SSSR count). The zero-order valence-electron chi connectivity index (χ0n) is 12.5. The van der Waals surface area contributed by atoms with Crippen molar-refractivity contribution in [2.24, 2.45) is 0 Å². The largest absolute Gasteiger partial charge is 0.497 e. The maximum atomic E-state index is 5.74. The summed E-state index contributed by atoms with van der Waals surface area (Å²) >= 11 is 0. The average Bonchev–Trinajstić information content (AvgIpc) is 2.71. The second-order valence-electron chi connectivity index (χ2n) is 5.64. The molecule has 1 aliphatic heterocycles. The van der Waals surface area contributed by atoms with Gasteiger partial charge in [-0.1, -0.05) is 18.2 Å². The molecule has 0 spiro atoms. The second-order valence-corrected chi connectivity index (χ2v) is 5.64. The zero-order valence-corrected chi connectivity index (χ0v) is 12.5. The van der Waals surface area contributed by atoms with Crippen LogP contribution in [0.4, 0.5) is 5.69 Å². The van der Waals surface area contributed by atoms with Crippen molar-refractivity contribution in [3.05, 3.63) is 65.0 Å². The summed E-state index contributed by atoms with van der Waals surface area (Å²) in [6.07, 6.45) is 8.78. The number of methoxy groups -OCH3 is 1. The van der Waals surface area contributed by atoms with E-state index in [0.29, 0.717) is 0 Å². The quantitative estimate of drug-likeness (QED) is 0.865. The van der Waals surface area contributed by atoms with Crippen LogP contribution < -0.4 is 5.73 Å². The fourth-order valence-electron chi connectivity index (χ4n) is 2.89. The van der Waals surface area contributed by atoms with Gasteiger partial charge in [-0.05, 0) is 53.8 Å². The number of anilines is 1. The highest BCUT2D eigenvalue weighted by Crippen LogP contribution is 2.28. The SMILES string of the molecule is COC1=CCC2=CCN(Cc3ccc(N)cc3)CCC2=C1. The molecule has 0 aromatic heterocycles. The van der Waals surface area contributed by atoms with Crippen LogP contribution in [0.3, 0.4) is 0 Å². The summed E-state index contributed by atoms with van der Waals surface area (Å²) in [7, 11) is 1.74. The van der Waals surface area contributed by atoms with Gasteiger partial charge in [0, 0.05) is 25.3 Å². The Bertz CT molecular complexity index is 596. The molecule has 1 aromatic carbocycles. The molecule has 21 heavy (non-hydrogen) atoms. The van der Waals surface area contributed by atoms with E-state index < -0.39 is 0 Å². The van der Waals surface area contributed by atoms with E-state index in [0.717, 1.165) is 43.9 Å². The molecule has 0 bridgehead atoms. The molecule has 3 heteroatoms. The van der Waals surface area contributed by atoms with Crippen LogP contribution in [0, 0.1) is 0 Å². The molecule has 1 heterocycles. The number of rotatable bonds is 3. The van der Waals surface area contributed by atoms with Gasteiger partial charge < -0.3 is 10.5 Å². The van der Waals surface area contributed by atoms with Crippen molar-refractivity contribution >= 4 is 5.69 Å². The highest BCUT2D eigenvalue weighted by atomic mass is 16.5. The van der Waals surface area contributed by atoms with Crippen LogP contribution in [0.1, 0.15) is 18.4 Å². The summed E-state index contributed by atoms with van der Waals surface area (Å²) in [4.78, 5) is 2.48. The van der Waals surface area contributed by atoms with Crippen LogP contribution in [-0.4, -0.2) is 25.1 Å². The first-order valence-corrected chi connectivity index (χ1v) is 7.45. The summed E-state index contributed by atoms with van der Waals surface area (Å²) in [6, 6.07) is 8.18. The summed E-state index contributed by atoms with van der Waals surface area (Å²) in [5.41, 5.74) is 10.8. The normalized spacial score (nSPS) is 19.0. The van der Waals surface area contributed by atoms with E-state index in [1.54, 1.807) is 7.11 Å². The average molecular weight is 282 g/mol. The molecule has 110 valence electrons. The number of fused-ring (bicyclic) bond motifs is 1. The van der Waals surface area contributed by atoms with Gasteiger partial charge in [-0.15, -0.1) is 0 Å². The van der Waals surface area contributed by atoms with Crippen LogP contribution in [0.25, 0.3) is 0 Å². The molecule has 0 saturated heterocycles. The molecule has 0 atom stereocenters. The third-order valence-electron chi connectivity index (χ3n) is 4.17. The highest BCUT2D eigenvalue weighted by Gasteiger charge is 2.17. The van der Waals surface area contributed by atoms with Gasteiger partial charge in [0.05, 0.1) is 7.11 Å². The van der Waals surface area contributed by atoms with Crippen molar-refractivity contribution in [2.45, 2.75) is 19.4 Å². The predicted molar refractivity (Wildman–Crippen MR) is 86.6 cm³/mol. The molecule has 2 N–H and O–H groups in total. The van der Waals surface area contributed by atoms with Crippen molar-refractivity contribution < 1.29 is 4.74 Å². The molecular weight excluding hydrogens is 260 g/mol. The minimum atomic E-state index is 0.825. The Morgan fingerprint density at radius 2 is 1.95 bits per heavy atom. The van der Waals surface area contributed by atoms with Crippen LogP contribution in [0.15, 0.2) is 59.4 Å². The Balaban J connectivity index is 1.67. The second kappa shape index (κ2) is 6.19. The molecule has 0 saturated carbocycles. The summed E-state index contributed by atoms with van der Waals surface area (Å²) < 4.78 is 5.35. The smallest absolute Gasteiger partial charge is 0.115 e. The Labute approximate surface area is 126 Å². The van der Waals surface area contributed by atoms with Gasteiger partial charge in [0.2, 0.25) is 0 Å². The van der Waals surface area contributed by atoms with E-state index in [4.69, 9.17) is 10.5 Å².